The van der Waals surface area contributed by atoms with Gasteiger partial charge in [-0.05, 0) is 25.7 Å². The van der Waals surface area contributed by atoms with Crippen LogP contribution in [-0.2, 0) is 9.84 Å². The molecule has 2 fully saturated rings. The Morgan fingerprint density at radius 2 is 2.24 bits per heavy atom. The van der Waals surface area contributed by atoms with Crippen molar-refractivity contribution in [1.82, 2.24) is 10.2 Å². The molecule has 2 atom stereocenters. The van der Waals surface area contributed by atoms with Crippen LogP contribution in [0.1, 0.15) is 26.7 Å². The van der Waals surface area contributed by atoms with Gasteiger partial charge in [0.1, 0.15) is 0 Å². The topological polar surface area (TPSA) is 49.4 Å². The van der Waals surface area contributed by atoms with Crippen LogP contribution in [0.4, 0.5) is 0 Å². The zero-order valence-corrected chi connectivity index (χ0v) is 11.7. The summed E-state index contributed by atoms with van der Waals surface area (Å²) in [5, 5.41) is 3.56. The summed E-state index contributed by atoms with van der Waals surface area (Å²) in [5.74, 6) is 1.16. The second-order valence-corrected chi connectivity index (χ2v) is 8.07. The molecule has 2 aliphatic rings. The van der Waals surface area contributed by atoms with Gasteiger partial charge in [-0.3, -0.25) is 4.90 Å². The minimum Gasteiger partial charge on any atom is -0.309 e. The summed E-state index contributed by atoms with van der Waals surface area (Å²) in [7, 11) is -2.72. The molecule has 5 heteroatoms. The summed E-state index contributed by atoms with van der Waals surface area (Å²) in [4.78, 5) is 2.44. The van der Waals surface area contributed by atoms with Crippen molar-refractivity contribution in [2.45, 2.75) is 32.2 Å². The van der Waals surface area contributed by atoms with Gasteiger partial charge in [-0.2, -0.15) is 0 Å². The SMILES string of the molecule is CCC1(C)CN(CC2CCS(=O)(=O)C2)CCN1. The third-order valence-electron chi connectivity index (χ3n) is 4.18. The van der Waals surface area contributed by atoms with Gasteiger partial charge >= 0.3 is 0 Å². The average Bonchev–Trinajstić information content (AvgIpc) is 2.58. The van der Waals surface area contributed by atoms with Crippen LogP contribution in [0, 0.1) is 5.92 Å². The molecule has 2 heterocycles. The van der Waals surface area contributed by atoms with Gasteiger partial charge in [-0.15, -0.1) is 0 Å². The monoisotopic (exact) mass is 260 g/mol. The molecule has 0 aromatic heterocycles. The molecule has 2 rings (SSSR count). The van der Waals surface area contributed by atoms with E-state index in [2.05, 4.69) is 24.1 Å². The maximum atomic E-state index is 11.4. The Hall–Kier alpha value is -0.130. The summed E-state index contributed by atoms with van der Waals surface area (Å²) < 4.78 is 22.9. The lowest BCUT2D eigenvalue weighted by atomic mass is 9.95. The normalized spacial score (nSPS) is 38.4. The second-order valence-electron chi connectivity index (χ2n) is 5.85. The van der Waals surface area contributed by atoms with Crippen molar-refractivity contribution in [3.05, 3.63) is 0 Å². The number of sulfone groups is 1. The Labute approximate surface area is 105 Å². The Morgan fingerprint density at radius 3 is 2.82 bits per heavy atom. The highest BCUT2D eigenvalue weighted by Gasteiger charge is 2.33. The van der Waals surface area contributed by atoms with Crippen molar-refractivity contribution in [3.63, 3.8) is 0 Å². The molecular formula is C12H24N2O2S. The van der Waals surface area contributed by atoms with Crippen LogP contribution >= 0.6 is 0 Å². The molecule has 0 spiro atoms. The van der Waals surface area contributed by atoms with Crippen LogP contribution in [0.25, 0.3) is 0 Å². The number of nitrogens with one attached hydrogen (secondary N) is 1. The van der Waals surface area contributed by atoms with Gasteiger partial charge in [-0.25, -0.2) is 8.42 Å². The van der Waals surface area contributed by atoms with Gasteiger partial charge in [0.25, 0.3) is 0 Å². The molecule has 0 radical (unpaired) electrons. The van der Waals surface area contributed by atoms with Crippen LogP contribution in [0.2, 0.25) is 0 Å². The highest BCUT2D eigenvalue weighted by Crippen LogP contribution is 2.22. The summed E-state index contributed by atoms with van der Waals surface area (Å²) in [6.07, 6.45) is 1.97. The molecule has 1 N–H and O–H groups in total. The quantitative estimate of drug-likeness (QED) is 0.802. The standard InChI is InChI=1S/C12H24N2O2S/c1-3-12(2)10-14(6-5-13-12)8-11-4-7-17(15,16)9-11/h11,13H,3-10H2,1-2H3. The summed E-state index contributed by atoms with van der Waals surface area (Å²) >= 11 is 0. The minimum absolute atomic E-state index is 0.204. The van der Waals surface area contributed by atoms with Crippen molar-refractivity contribution >= 4 is 9.84 Å². The van der Waals surface area contributed by atoms with Gasteiger partial charge in [0.05, 0.1) is 11.5 Å². The molecule has 0 aromatic rings. The fourth-order valence-electron chi connectivity index (χ4n) is 2.92. The second kappa shape index (κ2) is 4.86. The van der Waals surface area contributed by atoms with Gasteiger partial charge in [0.2, 0.25) is 0 Å². The van der Waals surface area contributed by atoms with E-state index < -0.39 is 9.84 Å². The lowest BCUT2D eigenvalue weighted by molar-refractivity contribution is 0.126. The van der Waals surface area contributed by atoms with Crippen LogP contribution in [0.5, 0.6) is 0 Å². The number of rotatable bonds is 3. The average molecular weight is 260 g/mol. The highest BCUT2D eigenvalue weighted by atomic mass is 32.2. The Bertz CT molecular complexity index is 369. The maximum absolute atomic E-state index is 11.4. The van der Waals surface area contributed by atoms with Crippen molar-refractivity contribution in [3.8, 4) is 0 Å². The Balaban J connectivity index is 1.88. The van der Waals surface area contributed by atoms with Gasteiger partial charge in [0.15, 0.2) is 9.84 Å². The fourth-order valence-corrected chi connectivity index (χ4v) is 4.77. The molecule has 4 nitrogen and oxygen atoms in total. The lowest BCUT2D eigenvalue weighted by Gasteiger charge is -2.41. The first-order valence-corrected chi connectivity index (χ1v) is 8.42. The van der Waals surface area contributed by atoms with E-state index in [1.54, 1.807) is 0 Å². The van der Waals surface area contributed by atoms with Crippen molar-refractivity contribution in [2.75, 3.05) is 37.7 Å². The molecular weight excluding hydrogens is 236 g/mol. The van der Waals surface area contributed by atoms with Crippen LogP contribution < -0.4 is 5.32 Å². The molecule has 0 amide bonds. The first-order chi connectivity index (χ1) is 7.92. The van der Waals surface area contributed by atoms with E-state index in [0.29, 0.717) is 17.4 Å². The van der Waals surface area contributed by atoms with Crippen LogP contribution in [0.3, 0.4) is 0 Å². The zero-order chi connectivity index (χ0) is 12.5. The predicted octanol–water partition coefficient (Wildman–Crippen LogP) is 0.495. The fraction of sp³-hybridized carbons (Fsp3) is 1.00. The van der Waals surface area contributed by atoms with E-state index in [4.69, 9.17) is 0 Å². The summed E-state index contributed by atoms with van der Waals surface area (Å²) in [6, 6.07) is 0. The highest BCUT2D eigenvalue weighted by molar-refractivity contribution is 7.91. The van der Waals surface area contributed by atoms with Crippen LogP contribution in [0.15, 0.2) is 0 Å². The third-order valence-corrected chi connectivity index (χ3v) is 6.01. The minimum atomic E-state index is -2.72. The molecule has 2 saturated heterocycles. The Kier molecular flexibility index (Phi) is 3.80. The molecule has 100 valence electrons. The van der Waals surface area contributed by atoms with Crippen molar-refractivity contribution in [1.29, 1.82) is 0 Å². The van der Waals surface area contributed by atoms with E-state index in [-0.39, 0.29) is 5.54 Å². The molecule has 0 bridgehead atoms. The van der Waals surface area contributed by atoms with E-state index in [0.717, 1.165) is 39.0 Å². The number of piperazine rings is 1. The molecule has 0 aliphatic carbocycles. The van der Waals surface area contributed by atoms with Crippen LogP contribution in [-0.4, -0.2) is 56.5 Å². The van der Waals surface area contributed by atoms with Crippen molar-refractivity contribution < 1.29 is 8.42 Å². The van der Waals surface area contributed by atoms with E-state index in [1.165, 1.54) is 0 Å². The number of hydrogen-bond acceptors (Lipinski definition) is 4. The molecule has 2 aliphatic heterocycles. The summed E-state index contributed by atoms with van der Waals surface area (Å²) in [6.45, 7) is 8.52. The largest absolute Gasteiger partial charge is 0.309 e. The van der Waals surface area contributed by atoms with Gasteiger partial charge in [-0.1, -0.05) is 6.92 Å². The molecule has 0 aromatic carbocycles. The number of nitrogens with zero attached hydrogens (tertiary/aromatic N) is 1. The molecule has 17 heavy (non-hydrogen) atoms. The van der Waals surface area contributed by atoms with Gasteiger partial charge in [0, 0.05) is 31.7 Å². The zero-order valence-electron chi connectivity index (χ0n) is 10.9. The number of hydrogen-bond donors (Lipinski definition) is 1. The lowest BCUT2D eigenvalue weighted by Crippen LogP contribution is -2.59. The van der Waals surface area contributed by atoms with E-state index in [1.807, 2.05) is 0 Å². The maximum Gasteiger partial charge on any atom is 0.150 e. The first kappa shape index (κ1) is 13.3. The first-order valence-electron chi connectivity index (χ1n) is 6.60. The van der Waals surface area contributed by atoms with E-state index in [9.17, 15) is 8.42 Å². The Morgan fingerprint density at radius 1 is 1.47 bits per heavy atom. The van der Waals surface area contributed by atoms with E-state index >= 15 is 0 Å². The smallest absolute Gasteiger partial charge is 0.150 e. The molecule has 0 saturated carbocycles. The summed E-state index contributed by atoms with van der Waals surface area (Å²) in [5.41, 5.74) is 0.204. The third kappa shape index (κ3) is 3.42. The predicted molar refractivity (Wildman–Crippen MR) is 69.9 cm³/mol. The van der Waals surface area contributed by atoms with Gasteiger partial charge < -0.3 is 5.32 Å². The molecule has 2 unspecified atom stereocenters. The van der Waals surface area contributed by atoms with Crippen molar-refractivity contribution in [2.24, 2.45) is 5.92 Å².